The van der Waals surface area contributed by atoms with E-state index in [4.69, 9.17) is 45.6 Å². The van der Waals surface area contributed by atoms with Crippen LogP contribution in [0, 0.1) is 6.92 Å². The predicted octanol–water partition coefficient (Wildman–Crippen LogP) is 1.44. The van der Waals surface area contributed by atoms with E-state index in [2.05, 4.69) is 5.32 Å². The number of halogens is 1. The van der Waals surface area contributed by atoms with Gasteiger partial charge in [-0.2, -0.15) is 0 Å². The van der Waals surface area contributed by atoms with E-state index >= 15 is 0 Å². The van der Waals surface area contributed by atoms with Crippen LogP contribution < -0.4 is 10.1 Å². The van der Waals surface area contributed by atoms with E-state index < -0.39 is 11.9 Å². The Balaban J connectivity index is 0.000000823. The topological polar surface area (TPSA) is 114 Å². The van der Waals surface area contributed by atoms with Crippen molar-refractivity contribution in [2.24, 2.45) is 0 Å². The molecule has 0 saturated heterocycles. The summed E-state index contributed by atoms with van der Waals surface area (Å²) in [4.78, 5) is 18.2. The Morgan fingerprint density at radius 3 is 2.32 bits per heavy atom. The molecule has 0 fully saturated rings. The Kier molecular flexibility index (Phi) is 13.4. The fourth-order valence-corrected chi connectivity index (χ4v) is 1.65. The van der Waals surface area contributed by atoms with E-state index in [1.165, 1.54) is 0 Å². The second-order valence-corrected chi connectivity index (χ2v) is 5.16. The first-order valence-electron chi connectivity index (χ1n) is 7.51. The highest BCUT2D eigenvalue weighted by Gasteiger charge is 2.04. The van der Waals surface area contributed by atoms with Crippen molar-refractivity contribution in [2.45, 2.75) is 6.92 Å². The van der Waals surface area contributed by atoms with Crippen LogP contribution in [0.25, 0.3) is 0 Å². The van der Waals surface area contributed by atoms with Crippen molar-refractivity contribution in [2.75, 3.05) is 46.6 Å². The van der Waals surface area contributed by atoms with Crippen molar-refractivity contribution >= 4 is 23.5 Å². The molecule has 0 spiro atoms. The van der Waals surface area contributed by atoms with Crippen LogP contribution in [-0.4, -0.2) is 68.8 Å². The summed E-state index contributed by atoms with van der Waals surface area (Å²) >= 11 is 6.02. The molecule has 1 aromatic rings. The number of hydrogen-bond donors (Lipinski definition) is 3. The molecule has 0 aliphatic heterocycles. The van der Waals surface area contributed by atoms with Gasteiger partial charge in [0, 0.05) is 20.2 Å². The minimum absolute atomic E-state index is 0.501. The van der Waals surface area contributed by atoms with Crippen LogP contribution in [-0.2, 0) is 19.1 Å². The lowest BCUT2D eigenvalue weighted by Crippen LogP contribution is -2.24. The minimum Gasteiger partial charge on any atom is -0.490 e. The van der Waals surface area contributed by atoms with Gasteiger partial charge in [-0.15, -0.1) is 0 Å². The minimum atomic E-state index is -1.82. The molecule has 0 aliphatic carbocycles. The van der Waals surface area contributed by atoms with Gasteiger partial charge in [0.2, 0.25) is 0 Å². The lowest BCUT2D eigenvalue weighted by molar-refractivity contribution is -0.159. The fourth-order valence-electron chi connectivity index (χ4n) is 1.48. The Morgan fingerprint density at radius 2 is 1.72 bits per heavy atom. The molecule has 0 atom stereocenters. The third-order valence-corrected chi connectivity index (χ3v) is 2.97. The molecule has 0 unspecified atom stereocenters. The molecular formula is C16H24ClNO7. The second kappa shape index (κ2) is 14.5. The van der Waals surface area contributed by atoms with Gasteiger partial charge < -0.3 is 29.7 Å². The number of aliphatic carboxylic acids is 2. The largest absolute Gasteiger partial charge is 0.490 e. The van der Waals surface area contributed by atoms with Crippen molar-refractivity contribution in [1.82, 2.24) is 5.32 Å². The highest BCUT2D eigenvalue weighted by molar-refractivity contribution is 6.32. The van der Waals surface area contributed by atoms with E-state index in [1.54, 1.807) is 7.11 Å². The molecule has 142 valence electrons. The normalized spacial score (nSPS) is 9.88. The van der Waals surface area contributed by atoms with E-state index in [1.807, 2.05) is 25.1 Å². The van der Waals surface area contributed by atoms with Crippen LogP contribution in [0.2, 0.25) is 5.02 Å². The molecular weight excluding hydrogens is 354 g/mol. The molecule has 0 radical (unpaired) electrons. The Hall–Kier alpha value is -1.87. The van der Waals surface area contributed by atoms with Gasteiger partial charge in [-0.1, -0.05) is 17.7 Å². The number of aryl methyl sites for hydroxylation is 1. The summed E-state index contributed by atoms with van der Waals surface area (Å²) in [5, 5.41) is 18.6. The molecule has 0 bridgehead atoms. The van der Waals surface area contributed by atoms with Gasteiger partial charge in [0.25, 0.3) is 0 Å². The van der Waals surface area contributed by atoms with E-state index in [0.29, 0.717) is 30.6 Å². The standard InChI is InChI=1S/C14H22ClNO3.C2H2O4/c1-12-3-4-13(15)14(11-12)19-10-9-18-8-6-16-5-7-17-2;3-1(4)2(5)6/h3-4,11,16H,5-10H2,1-2H3;(H,3,4)(H,5,6). The molecule has 0 heterocycles. The van der Waals surface area contributed by atoms with Gasteiger partial charge >= 0.3 is 11.9 Å². The summed E-state index contributed by atoms with van der Waals surface area (Å²) < 4.78 is 15.9. The molecule has 1 rings (SSSR count). The number of nitrogens with one attached hydrogen (secondary N) is 1. The Morgan fingerprint density at radius 1 is 1.08 bits per heavy atom. The monoisotopic (exact) mass is 377 g/mol. The number of carboxylic acids is 2. The average Bonchev–Trinajstić information content (AvgIpc) is 2.57. The van der Waals surface area contributed by atoms with Crippen LogP contribution >= 0.6 is 11.6 Å². The summed E-state index contributed by atoms with van der Waals surface area (Å²) in [6, 6.07) is 5.72. The molecule has 0 saturated carbocycles. The number of ether oxygens (including phenoxy) is 3. The lowest BCUT2D eigenvalue weighted by atomic mass is 10.2. The van der Waals surface area contributed by atoms with Gasteiger partial charge in [0.1, 0.15) is 12.4 Å². The van der Waals surface area contributed by atoms with Crippen molar-refractivity contribution in [1.29, 1.82) is 0 Å². The molecule has 0 aromatic heterocycles. The maximum atomic E-state index is 9.10. The molecule has 8 nitrogen and oxygen atoms in total. The van der Waals surface area contributed by atoms with Gasteiger partial charge in [-0.05, 0) is 24.6 Å². The average molecular weight is 378 g/mol. The summed E-state index contributed by atoms with van der Waals surface area (Å²) in [6.45, 7) is 6.09. The summed E-state index contributed by atoms with van der Waals surface area (Å²) in [5.74, 6) is -2.94. The third-order valence-electron chi connectivity index (χ3n) is 2.66. The van der Waals surface area contributed by atoms with Crippen molar-refractivity contribution in [3.63, 3.8) is 0 Å². The fraction of sp³-hybridized carbons (Fsp3) is 0.500. The first kappa shape index (κ1) is 23.1. The van der Waals surface area contributed by atoms with Crippen LogP contribution in [0.15, 0.2) is 18.2 Å². The van der Waals surface area contributed by atoms with Crippen LogP contribution in [0.5, 0.6) is 5.75 Å². The van der Waals surface area contributed by atoms with E-state index in [9.17, 15) is 0 Å². The molecule has 3 N–H and O–H groups in total. The van der Waals surface area contributed by atoms with Crippen LogP contribution in [0.4, 0.5) is 0 Å². The van der Waals surface area contributed by atoms with Gasteiger partial charge in [-0.25, -0.2) is 9.59 Å². The third kappa shape index (κ3) is 13.1. The number of rotatable bonds is 10. The molecule has 9 heteroatoms. The lowest BCUT2D eigenvalue weighted by Gasteiger charge is -2.09. The molecule has 0 amide bonds. The highest BCUT2D eigenvalue weighted by Crippen LogP contribution is 2.24. The number of carboxylic acid groups (broad SMARTS) is 2. The van der Waals surface area contributed by atoms with Crippen LogP contribution in [0.1, 0.15) is 5.56 Å². The van der Waals surface area contributed by atoms with Gasteiger partial charge in [0.05, 0.1) is 24.8 Å². The first-order valence-corrected chi connectivity index (χ1v) is 7.88. The van der Waals surface area contributed by atoms with Crippen LogP contribution in [0.3, 0.4) is 0 Å². The predicted molar refractivity (Wildman–Crippen MR) is 92.5 cm³/mol. The van der Waals surface area contributed by atoms with Crippen molar-refractivity contribution < 1.29 is 34.0 Å². The maximum absolute atomic E-state index is 9.10. The highest BCUT2D eigenvalue weighted by atomic mass is 35.5. The zero-order valence-electron chi connectivity index (χ0n) is 14.3. The first-order chi connectivity index (χ1) is 11.9. The summed E-state index contributed by atoms with van der Waals surface area (Å²) in [5.41, 5.74) is 1.13. The zero-order chi connectivity index (χ0) is 19.1. The number of benzene rings is 1. The quantitative estimate of drug-likeness (QED) is 0.414. The number of methoxy groups -OCH3 is 1. The zero-order valence-corrected chi connectivity index (χ0v) is 15.0. The molecule has 1 aromatic carbocycles. The Labute approximate surface area is 151 Å². The number of carbonyl (C=O) groups is 2. The molecule has 0 aliphatic rings. The maximum Gasteiger partial charge on any atom is 0.414 e. The Bertz CT molecular complexity index is 513. The van der Waals surface area contributed by atoms with Gasteiger partial charge in [-0.3, -0.25) is 0 Å². The van der Waals surface area contributed by atoms with Crippen molar-refractivity contribution in [3.05, 3.63) is 28.8 Å². The van der Waals surface area contributed by atoms with E-state index in [0.717, 1.165) is 25.3 Å². The summed E-state index contributed by atoms with van der Waals surface area (Å²) in [6.07, 6.45) is 0. The van der Waals surface area contributed by atoms with E-state index in [-0.39, 0.29) is 0 Å². The van der Waals surface area contributed by atoms with Crippen molar-refractivity contribution in [3.8, 4) is 5.75 Å². The van der Waals surface area contributed by atoms with Gasteiger partial charge in [0.15, 0.2) is 0 Å². The SMILES string of the molecule is COCCNCCOCCOc1cc(C)ccc1Cl.O=C(O)C(=O)O. The second-order valence-electron chi connectivity index (χ2n) is 4.75. The smallest absolute Gasteiger partial charge is 0.414 e. The summed E-state index contributed by atoms with van der Waals surface area (Å²) in [7, 11) is 1.69. The molecule has 25 heavy (non-hydrogen) atoms. The number of hydrogen-bond acceptors (Lipinski definition) is 6.